The van der Waals surface area contributed by atoms with Gasteiger partial charge in [0.25, 0.3) is 5.91 Å². The van der Waals surface area contributed by atoms with Gasteiger partial charge in [0, 0.05) is 32.5 Å². The summed E-state index contributed by atoms with van der Waals surface area (Å²) in [7, 11) is 3.31. The maximum atomic E-state index is 11.9. The van der Waals surface area contributed by atoms with Crippen LogP contribution in [0.1, 0.15) is 24.3 Å². The number of pyridine rings is 1. The Balaban J connectivity index is 3.04. The van der Waals surface area contributed by atoms with E-state index in [-0.39, 0.29) is 12.5 Å². The second kappa shape index (κ2) is 6.88. The van der Waals surface area contributed by atoms with E-state index in [2.05, 4.69) is 4.98 Å². The Kier molecular flexibility index (Phi) is 5.49. The average Bonchev–Trinajstić information content (AvgIpc) is 2.36. The van der Waals surface area contributed by atoms with Crippen molar-refractivity contribution in [3.05, 3.63) is 24.0 Å². The van der Waals surface area contributed by atoms with E-state index in [1.165, 1.54) is 11.1 Å². The predicted molar refractivity (Wildman–Crippen MR) is 76.9 cm³/mol. The van der Waals surface area contributed by atoms with Crippen molar-refractivity contribution in [3.8, 4) is 0 Å². The zero-order valence-electron chi connectivity index (χ0n) is 12.3. The molecular weight excluding hydrogens is 258 g/mol. The summed E-state index contributed by atoms with van der Waals surface area (Å²) >= 11 is 0. The molecule has 1 aromatic rings. The van der Waals surface area contributed by atoms with Crippen LogP contribution in [0.4, 0.5) is 5.69 Å². The van der Waals surface area contributed by atoms with E-state index in [9.17, 15) is 9.59 Å². The Morgan fingerprint density at radius 3 is 2.50 bits per heavy atom. The summed E-state index contributed by atoms with van der Waals surface area (Å²) in [5.74, 6) is -0.787. The molecule has 0 bridgehead atoms. The molecule has 0 spiro atoms. The van der Waals surface area contributed by atoms with Crippen LogP contribution in [0.2, 0.25) is 0 Å². The lowest BCUT2D eigenvalue weighted by Crippen LogP contribution is -2.33. The summed E-state index contributed by atoms with van der Waals surface area (Å²) < 4.78 is 0. The highest BCUT2D eigenvalue weighted by molar-refractivity contribution is 5.92. The lowest BCUT2D eigenvalue weighted by Gasteiger charge is -2.25. The molecule has 0 saturated heterocycles. The van der Waals surface area contributed by atoms with Gasteiger partial charge >= 0.3 is 5.97 Å². The van der Waals surface area contributed by atoms with Gasteiger partial charge in [-0.3, -0.25) is 14.6 Å². The normalized spacial score (nSPS) is 10.4. The van der Waals surface area contributed by atoms with Crippen molar-refractivity contribution in [2.45, 2.75) is 13.8 Å². The summed E-state index contributed by atoms with van der Waals surface area (Å²) in [6.07, 6.45) is 1.53. The summed E-state index contributed by atoms with van der Waals surface area (Å²) in [4.78, 5) is 30.1. The van der Waals surface area contributed by atoms with Gasteiger partial charge in [0.1, 0.15) is 12.2 Å². The number of hydrogen-bond donors (Lipinski definition) is 1. The molecule has 0 fully saturated rings. The van der Waals surface area contributed by atoms with Gasteiger partial charge in [0.2, 0.25) is 0 Å². The van der Waals surface area contributed by atoms with Crippen LogP contribution in [0, 0.1) is 5.92 Å². The molecule has 6 nitrogen and oxygen atoms in total. The van der Waals surface area contributed by atoms with Gasteiger partial charge in [0.05, 0.1) is 0 Å². The van der Waals surface area contributed by atoms with Crippen molar-refractivity contribution in [2.75, 3.05) is 32.1 Å². The van der Waals surface area contributed by atoms with E-state index >= 15 is 0 Å². The van der Waals surface area contributed by atoms with E-state index in [4.69, 9.17) is 5.11 Å². The molecule has 0 atom stereocenters. The van der Waals surface area contributed by atoms with Crippen LogP contribution in [-0.4, -0.2) is 54.1 Å². The minimum Gasteiger partial charge on any atom is -0.480 e. The minimum absolute atomic E-state index is 0.0994. The van der Waals surface area contributed by atoms with Crippen molar-refractivity contribution in [2.24, 2.45) is 5.92 Å². The highest BCUT2D eigenvalue weighted by atomic mass is 16.4. The topological polar surface area (TPSA) is 73.7 Å². The molecule has 1 N–H and O–H groups in total. The molecule has 0 aliphatic carbocycles. The van der Waals surface area contributed by atoms with Crippen molar-refractivity contribution in [3.63, 3.8) is 0 Å². The molecule has 0 aliphatic rings. The highest BCUT2D eigenvalue weighted by Crippen LogP contribution is 2.16. The standard InChI is InChI=1S/C14H21N3O3/c1-10(2)8-17(9-13(18)19)11-5-6-15-12(7-11)14(20)16(3)4/h5-7,10H,8-9H2,1-4H3,(H,18,19). The maximum absolute atomic E-state index is 11.9. The first-order valence-corrected chi connectivity index (χ1v) is 6.45. The highest BCUT2D eigenvalue weighted by Gasteiger charge is 2.16. The van der Waals surface area contributed by atoms with Crippen LogP contribution in [0.15, 0.2) is 18.3 Å². The van der Waals surface area contributed by atoms with Crippen molar-refractivity contribution < 1.29 is 14.7 Å². The second-order valence-electron chi connectivity index (χ2n) is 5.27. The molecule has 1 amide bonds. The lowest BCUT2D eigenvalue weighted by molar-refractivity contribution is -0.135. The molecule has 0 aromatic carbocycles. The van der Waals surface area contributed by atoms with E-state index < -0.39 is 5.97 Å². The molecule has 0 radical (unpaired) electrons. The zero-order valence-corrected chi connectivity index (χ0v) is 12.3. The third-order valence-electron chi connectivity index (χ3n) is 2.65. The maximum Gasteiger partial charge on any atom is 0.323 e. The summed E-state index contributed by atoms with van der Waals surface area (Å²) in [6, 6.07) is 3.35. The first-order valence-electron chi connectivity index (χ1n) is 6.45. The van der Waals surface area contributed by atoms with Gasteiger partial charge in [-0.25, -0.2) is 0 Å². The first kappa shape index (κ1) is 15.9. The third-order valence-corrected chi connectivity index (χ3v) is 2.65. The fourth-order valence-electron chi connectivity index (χ4n) is 1.83. The lowest BCUT2D eigenvalue weighted by atomic mass is 10.2. The monoisotopic (exact) mass is 279 g/mol. The van der Waals surface area contributed by atoms with Crippen LogP contribution in [0.5, 0.6) is 0 Å². The number of aromatic nitrogens is 1. The second-order valence-corrected chi connectivity index (χ2v) is 5.27. The van der Waals surface area contributed by atoms with Gasteiger partial charge in [-0.2, -0.15) is 0 Å². The van der Waals surface area contributed by atoms with Crippen LogP contribution in [-0.2, 0) is 4.79 Å². The number of carboxylic acid groups (broad SMARTS) is 1. The van der Waals surface area contributed by atoms with Crippen LogP contribution in [0.3, 0.4) is 0 Å². The van der Waals surface area contributed by atoms with Crippen LogP contribution < -0.4 is 4.90 Å². The van der Waals surface area contributed by atoms with Gasteiger partial charge in [-0.1, -0.05) is 13.8 Å². The fraction of sp³-hybridized carbons (Fsp3) is 0.500. The number of anilines is 1. The Labute approximate surface area is 119 Å². The number of aliphatic carboxylic acids is 1. The van der Waals surface area contributed by atoms with Gasteiger partial charge in [-0.15, -0.1) is 0 Å². The summed E-state index contributed by atoms with van der Waals surface area (Å²) in [5, 5.41) is 8.99. The van der Waals surface area contributed by atoms with Crippen LogP contribution in [0.25, 0.3) is 0 Å². The minimum atomic E-state index is -0.900. The number of hydrogen-bond acceptors (Lipinski definition) is 4. The van der Waals surface area contributed by atoms with Crippen molar-refractivity contribution in [1.29, 1.82) is 0 Å². The number of carbonyl (C=O) groups is 2. The molecule has 1 heterocycles. The molecule has 20 heavy (non-hydrogen) atoms. The van der Waals surface area contributed by atoms with Crippen molar-refractivity contribution >= 4 is 17.6 Å². The van der Waals surface area contributed by atoms with E-state index in [0.29, 0.717) is 23.8 Å². The molecule has 0 aliphatic heterocycles. The third kappa shape index (κ3) is 4.53. The average molecular weight is 279 g/mol. The predicted octanol–water partition coefficient (Wildman–Crippen LogP) is 1.33. The number of amides is 1. The smallest absolute Gasteiger partial charge is 0.323 e. The van der Waals surface area contributed by atoms with E-state index in [1.807, 2.05) is 13.8 Å². The largest absolute Gasteiger partial charge is 0.480 e. The van der Waals surface area contributed by atoms with Gasteiger partial charge < -0.3 is 14.9 Å². The zero-order chi connectivity index (χ0) is 15.3. The number of carbonyl (C=O) groups excluding carboxylic acids is 1. The molecular formula is C14H21N3O3. The Morgan fingerprint density at radius 1 is 1.35 bits per heavy atom. The molecule has 0 unspecified atom stereocenters. The SMILES string of the molecule is CC(C)CN(CC(=O)O)c1ccnc(C(=O)N(C)C)c1. The number of rotatable bonds is 6. The van der Waals surface area contributed by atoms with E-state index in [0.717, 1.165) is 0 Å². The summed E-state index contributed by atoms with van der Waals surface area (Å²) in [6.45, 7) is 4.54. The Bertz CT molecular complexity index is 486. The van der Waals surface area contributed by atoms with Crippen LogP contribution >= 0.6 is 0 Å². The first-order chi connectivity index (χ1) is 9.31. The van der Waals surface area contributed by atoms with Crippen molar-refractivity contribution in [1.82, 2.24) is 9.88 Å². The van der Waals surface area contributed by atoms with E-state index in [1.54, 1.807) is 31.1 Å². The number of nitrogens with zero attached hydrogens (tertiary/aromatic N) is 3. The Morgan fingerprint density at radius 2 is 2.00 bits per heavy atom. The summed E-state index contributed by atoms with van der Waals surface area (Å²) in [5.41, 5.74) is 1.01. The molecule has 110 valence electrons. The molecule has 1 aromatic heterocycles. The molecule has 0 saturated carbocycles. The molecule has 1 rings (SSSR count). The van der Waals surface area contributed by atoms with Gasteiger partial charge in [-0.05, 0) is 18.1 Å². The van der Waals surface area contributed by atoms with Gasteiger partial charge in [0.15, 0.2) is 0 Å². The molecule has 6 heteroatoms. The quantitative estimate of drug-likeness (QED) is 0.850. The number of carboxylic acids is 1. The fourth-order valence-corrected chi connectivity index (χ4v) is 1.83. The Hall–Kier alpha value is -2.11.